The van der Waals surface area contributed by atoms with Crippen molar-refractivity contribution in [3.63, 3.8) is 0 Å². The molecule has 15 heavy (non-hydrogen) atoms. The topological polar surface area (TPSA) is 22.2 Å². The van der Waals surface area contributed by atoms with E-state index in [2.05, 4.69) is 28.6 Å². The molecule has 1 aromatic carbocycles. The highest BCUT2D eigenvalue weighted by atomic mass is 15.2. The number of para-hydroxylation sites is 1. The lowest BCUT2D eigenvalue weighted by molar-refractivity contribution is 0.781. The highest BCUT2D eigenvalue weighted by Crippen LogP contribution is 2.10. The zero-order chi connectivity index (χ0) is 10.8. The van der Waals surface area contributed by atoms with Crippen molar-refractivity contribution >= 4 is 0 Å². The number of aryl methyl sites for hydroxylation is 2. The number of imidazole rings is 1. The summed E-state index contributed by atoms with van der Waals surface area (Å²) in [7, 11) is 3.81. The van der Waals surface area contributed by atoms with Gasteiger partial charge < -0.3 is 4.57 Å². The summed E-state index contributed by atoms with van der Waals surface area (Å²) in [5, 5.41) is 0. The minimum atomic E-state index is 0.948. The molecule has 0 saturated heterocycles. The quantitative estimate of drug-likeness (QED) is 0.669. The molecule has 1 heterocycles. The van der Waals surface area contributed by atoms with Gasteiger partial charge in [-0.25, -0.2) is 0 Å². The van der Waals surface area contributed by atoms with E-state index in [9.17, 15) is 0 Å². The number of hydrogen-bond acceptors (Lipinski definition) is 1. The molecule has 0 fully saturated rings. The molecule has 1 aromatic heterocycles. The van der Waals surface area contributed by atoms with E-state index in [-0.39, 0.29) is 0 Å². The van der Waals surface area contributed by atoms with Gasteiger partial charge in [0.25, 0.3) is 0 Å². The van der Waals surface area contributed by atoms with Gasteiger partial charge in [-0.05, 0) is 18.6 Å². The second kappa shape index (κ2) is 3.77. The molecule has 0 aliphatic rings. The SMILES string of the molecule is CN=c1n(C)ccn1-c1ccccc1C. The zero-order valence-electron chi connectivity index (χ0n) is 9.31. The Kier molecular flexibility index (Phi) is 2.46. The van der Waals surface area contributed by atoms with Gasteiger partial charge in [0.1, 0.15) is 0 Å². The first-order valence-electron chi connectivity index (χ1n) is 4.97. The smallest absolute Gasteiger partial charge is 0.209 e. The molecule has 78 valence electrons. The van der Waals surface area contributed by atoms with Crippen LogP contribution in [-0.2, 0) is 7.05 Å². The molecule has 0 aliphatic carbocycles. The molecule has 0 aliphatic heterocycles. The van der Waals surface area contributed by atoms with E-state index in [1.54, 1.807) is 0 Å². The average Bonchev–Trinajstić information content (AvgIpc) is 2.60. The van der Waals surface area contributed by atoms with Crippen LogP contribution in [0.2, 0.25) is 0 Å². The Morgan fingerprint density at radius 2 is 1.87 bits per heavy atom. The third kappa shape index (κ3) is 1.61. The summed E-state index contributed by atoms with van der Waals surface area (Å²) in [5.74, 6) is 0. The van der Waals surface area contributed by atoms with E-state index >= 15 is 0 Å². The van der Waals surface area contributed by atoms with Crippen LogP contribution in [0.3, 0.4) is 0 Å². The lowest BCUT2D eigenvalue weighted by Crippen LogP contribution is -2.22. The summed E-state index contributed by atoms with van der Waals surface area (Å²) in [5.41, 5.74) is 3.38. The van der Waals surface area contributed by atoms with Gasteiger partial charge in [0.2, 0.25) is 5.62 Å². The van der Waals surface area contributed by atoms with Gasteiger partial charge in [0.15, 0.2) is 0 Å². The van der Waals surface area contributed by atoms with Crippen LogP contribution in [0.15, 0.2) is 41.7 Å². The van der Waals surface area contributed by atoms with E-state index in [1.807, 2.05) is 43.2 Å². The van der Waals surface area contributed by atoms with E-state index in [0.717, 1.165) is 5.62 Å². The molecule has 0 spiro atoms. The van der Waals surface area contributed by atoms with Crippen molar-refractivity contribution in [2.75, 3.05) is 7.05 Å². The maximum Gasteiger partial charge on any atom is 0.209 e. The number of benzene rings is 1. The fraction of sp³-hybridized carbons (Fsp3) is 0.250. The second-order valence-corrected chi connectivity index (χ2v) is 3.59. The van der Waals surface area contributed by atoms with E-state index in [1.165, 1.54) is 11.3 Å². The van der Waals surface area contributed by atoms with Crippen LogP contribution in [0, 0.1) is 6.92 Å². The number of nitrogens with zero attached hydrogens (tertiary/aromatic N) is 3. The molecule has 0 N–H and O–H groups in total. The molecular weight excluding hydrogens is 186 g/mol. The van der Waals surface area contributed by atoms with Crippen LogP contribution in [0.1, 0.15) is 5.56 Å². The van der Waals surface area contributed by atoms with Crippen molar-refractivity contribution in [3.05, 3.63) is 47.8 Å². The lowest BCUT2D eigenvalue weighted by Gasteiger charge is -2.06. The zero-order valence-corrected chi connectivity index (χ0v) is 9.31. The van der Waals surface area contributed by atoms with Crippen molar-refractivity contribution in [2.24, 2.45) is 12.0 Å². The molecule has 0 unspecified atom stereocenters. The Labute approximate surface area is 89.3 Å². The van der Waals surface area contributed by atoms with Gasteiger partial charge in [-0.15, -0.1) is 0 Å². The average molecular weight is 201 g/mol. The van der Waals surface area contributed by atoms with E-state index in [0.29, 0.717) is 0 Å². The van der Waals surface area contributed by atoms with Crippen LogP contribution in [0.5, 0.6) is 0 Å². The highest BCUT2D eigenvalue weighted by molar-refractivity contribution is 5.39. The summed E-state index contributed by atoms with van der Waals surface area (Å²) in [6, 6.07) is 8.30. The van der Waals surface area contributed by atoms with Gasteiger partial charge >= 0.3 is 0 Å². The normalized spacial score (nSPS) is 12.1. The first kappa shape index (κ1) is 9.77. The molecule has 3 nitrogen and oxygen atoms in total. The standard InChI is InChI=1S/C12H15N3/c1-10-6-4-5-7-11(10)15-9-8-14(3)12(15)13-2/h4-9H,1-3H3. The Bertz CT molecular complexity index is 532. The van der Waals surface area contributed by atoms with Crippen LogP contribution in [-0.4, -0.2) is 16.2 Å². The maximum absolute atomic E-state index is 4.27. The number of aromatic nitrogens is 2. The maximum atomic E-state index is 4.27. The molecule has 0 atom stereocenters. The minimum Gasteiger partial charge on any atom is -0.320 e. The number of rotatable bonds is 1. The summed E-state index contributed by atoms with van der Waals surface area (Å²) >= 11 is 0. The summed E-state index contributed by atoms with van der Waals surface area (Å²) in [6.07, 6.45) is 4.04. The fourth-order valence-corrected chi connectivity index (χ4v) is 1.76. The third-order valence-electron chi connectivity index (χ3n) is 2.55. The first-order valence-corrected chi connectivity index (χ1v) is 4.97. The van der Waals surface area contributed by atoms with Crippen LogP contribution < -0.4 is 5.62 Å². The van der Waals surface area contributed by atoms with Crippen LogP contribution in [0.4, 0.5) is 0 Å². The summed E-state index contributed by atoms with van der Waals surface area (Å²) in [6.45, 7) is 2.11. The Morgan fingerprint density at radius 1 is 1.13 bits per heavy atom. The largest absolute Gasteiger partial charge is 0.320 e. The molecular formula is C12H15N3. The van der Waals surface area contributed by atoms with Crippen molar-refractivity contribution in [1.82, 2.24) is 9.13 Å². The molecule has 0 bridgehead atoms. The van der Waals surface area contributed by atoms with Gasteiger partial charge in [0.05, 0.1) is 5.69 Å². The molecule has 2 aromatic rings. The lowest BCUT2D eigenvalue weighted by atomic mass is 10.2. The second-order valence-electron chi connectivity index (χ2n) is 3.59. The van der Waals surface area contributed by atoms with E-state index < -0.39 is 0 Å². The highest BCUT2D eigenvalue weighted by Gasteiger charge is 2.02. The van der Waals surface area contributed by atoms with Crippen molar-refractivity contribution in [1.29, 1.82) is 0 Å². The first-order chi connectivity index (χ1) is 7.24. The van der Waals surface area contributed by atoms with Crippen molar-refractivity contribution in [3.8, 4) is 5.69 Å². The van der Waals surface area contributed by atoms with Crippen molar-refractivity contribution < 1.29 is 0 Å². The minimum absolute atomic E-state index is 0.948. The van der Waals surface area contributed by atoms with Crippen LogP contribution >= 0.6 is 0 Å². The Balaban J connectivity index is 2.70. The molecule has 2 rings (SSSR count). The monoisotopic (exact) mass is 201 g/mol. The predicted octanol–water partition coefficient (Wildman–Crippen LogP) is 1.65. The van der Waals surface area contributed by atoms with Gasteiger partial charge in [-0.3, -0.25) is 9.56 Å². The number of hydrogen-bond donors (Lipinski definition) is 0. The summed E-state index contributed by atoms with van der Waals surface area (Å²) in [4.78, 5) is 4.27. The molecule has 0 saturated carbocycles. The van der Waals surface area contributed by atoms with Crippen LogP contribution in [0.25, 0.3) is 5.69 Å². The third-order valence-corrected chi connectivity index (χ3v) is 2.55. The van der Waals surface area contributed by atoms with Crippen molar-refractivity contribution in [2.45, 2.75) is 6.92 Å². The molecule has 0 radical (unpaired) electrons. The molecule has 3 heteroatoms. The van der Waals surface area contributed by atoms with Gasteiger partial charge in [-0.2, -0.15) is 0 Å². The van der Waals surface area contributed by atoms with Gasteiger partial charge in [-0.1, -0.05) is 18.2 Å². The van der Waals surface area contributed by atoms with E-state index in [4.69, 9.17) is 0 Å². The fourth-order valence-electron chi connectivity index (χ4n) is 1.76. The summed E-state index contributed by atoms with van der Waals surface area (Å²) < 4.78 is 4.10. The molecule has 0 amide bonds. The predicted molar refractivity (Wildman–Crippen MR) is 61.0 cm³/mol. The Morgan fingerprint density at radius 3 is 2.53 bits per heavy atom. The van der Waals surface area contributed by atoms with Gasteiger partial charge in [0, 0.05) is 26.5 Å². The Hall–Kier alpha value is -1.77.